The minimum atomic E-state index is -3.58. The van der Waals surface area contributed by atoms with Crippen LogP contribution in [0.1, 0.15) is 31.2 Å². The van der Waals surface area contributed by atoms with Gasteiger partial charge in [-0.1, -0.05) is 31.0 Å². The van der Waals surface area contributed by atoms with Crippen LogP contribution in [0, 0.1) is 12.8 Å². The van der Waals surface area contributed by atoms with E-state index in [0.29, 0.717) is 12.5 Å². The molecule has 0 saturated heterocycles. The SMILES string of the molecule is Cc1ccccc1S(=O)(=O)OCC1CCCC1. The van der Waals surface area contributed by atoms with Gasteiger partial charge in [0, 0.05) is 0 Å². The summed E-state index contributed by atoms with van der Waals surface area (Å²) < 4.78 is 29.1. The van der Waals surface area contributed by atoms with E-state index in [4.69, 9.17) is 4.18 Å². The summed E-state index contributed by atoms with van der Waals surface area (Å²) in [6.07, 6.45) is 4.56. The summed E-state index contributed by atoms with van der Waals surface area (Å²) in [6.45, 7) is 2.11. The van der Waals surface area contributed by atoms with Crippen LogP contribution in [0.2, 0.25) is 0 Å². The van der Waals surface area contributed by atoms with E-state index in [1.807, 2.05) is 6.07 Å². The lowest BCUT2D eigenvalue weighted by Gasteiger charge is -2.11. The van der Waals surface area contributed by atoms with Crippen LogP contribution in [0.3, 0.4) is 0 Å². The predicted octanol–water partition coefficient (Wildman–Crippen LogP) is 2.89. The van der Waals surface area contributed by atoms with Crippen LogP contribution in [0.4, 0.5) is 0 Å². The van der Waals surface area contributed by atoms with Gasteiger partial charge in [0.1, 0.15) is 0 Å². The molecule has 0 aromatic heterocycles. The van der Waals surface area contributed by atoms with Gasteiger partial charge < -0.3 is 0 Å². The van der Waals surface area contributed by atoms with E-state index in [-0.39, 0.29) is 4.90 Å². The van der Waals surface area contributed by atoms with Crippen LogP contribution in [-0.2, 0) is 14.3 Å². The topological polar surface area (TPSA) is 43.4 Å². The molecule has 0 bridgehead atoms. The van der Waals surface area contributed by atoms with Gasteiger partial charge in [0.25, 0.3) is 10.1 Å². The van der Waals surface area contributed by atoms with Crippen molar-refractivity contribution in [1.29, 1.82) is 0 Å². The molecule has 94 valence electrons. The molecular formula is C13H18O3S. The Morgan fingerprint density at radius 1 is 1.24 bits per heavy atom. The highest BCUT2D eigenvalue weighted by Gasteiger charge is 2.21. The van der Waals surface area contributed by atoms with E-state index in [1.165, 1.54) is 12.8 Å². The quantitative estimate of drug-likeness (QED) is 0.776. The van der Waals surface area contributed by atoms with Gasteiger partial charge >= 0.3 is 0 Å². The molecule has 1 aromatic rings. The highest BCUT2D eigenvalue weighted by Crippen LogP contribution is 2.26. The van der Waals surface area contributed by atoms with Crippen molar-refractivity contribution in [3.8, 4) is 0 Å². The van der Waals surface area contributed by atoms with Gasteiger partial charge in [-0.15, -0.1) is 0 Å². The number of rotatable bonds is 4. The Hall–Kier alpha value is -0.870. The highest BCUT2D eigenvalue weighted by molar-refractivity contribution is 7.86. The largest absolute Gasteiger partial charge is 0.297 e. The van der Waals surface area contributed by atoms with Gasteiger partial charge in [-0.25, -0.2) is 0 Å². The molecule has 1 aromatic carbocycles. The van der Waals surface area contributed by atoms with Crippen molar-refractivity contribution in [3.63, 3.8) is 0 Å². The van der Waals surface area contributed by atoms with Crippen LogP contribution in [-0.4, -0.2) is 15.0 Å². The molecule has 0 heterocycles. The molecule has 0 radical (unpaired) electrons. The van der Waals surface area contributed by atoms with Gasteiger partial charge in [-0.05, 0) is 37.3 Å². The third-order valence-electron chi connectivity index (χ3n) is 3.30. The van der Waals surface area contributed by atoms with Gasteiger partial charge in [-0.3, -0.25) is 4.18 Å². The number of hydrogen-bond acceptors (Lipinski definition) is 3. The first-order chi connectivity index (χ1) is 8.09. The summed E-state index contributed by atoms with van der Waals surface area (Å²) >= 11 is 0. The average Bonchev–Trinajstić information content (AvgIpc) is 2.80. The van der Waals surface area contributed by atoms with Gasteiger partial charge in [0.05, 0.1) is 11.5 Å². The van der Waals surface area contributed by atoms with E-state index in [1.54, 1.807) is 25.1 Å². The predicted molar refractivity (Wildman–Crippen MR) is 66.3 cm³/mol. The first-order valence-electron chi connectivity index (χ1n) is 6.04. The summed E-state index contributed by atoms with van der Waals surface area (Å²) in [5.41, 5.74) is 0.735. The monoisotopic (exact) mass is 254 g/mol. The summed E-state index contributed by atoms with van der Waals surface area (Å²) in [4.78, 5) is 0.290. The van der Waals surface area contributed by atoms with Crippen molar-refractivity contribution < 1.29 is 12.6 Å². The molecule has 0 spiro atoms. The minimum absolute atomic E-state index is 0.290. The molecule has 1 saturated carbocycles. The van der Waals surface area contributed by atoms with Crippen LogP contribution in [0.15, 0.2) is 29.2 Å². The molecule has 17 heavy (non-hydrogen) atoms. The van der Waals surface area contributed by atoms with Crippen molar-refractivity contribution in [1.82, 2.24) is 0 Å². The molecule has 0 N–H and O–H groups in total. The average molecular weight is 254 g/mol. The first-order valence-corrected chi connectivity index (χ1v) is 7.45. The minimum Gasteiger partial charge on any atom is -0.266 e. The fourth-order valence-electron chi connectivity index (χ4n) is 2.26. The second-order valence-corrected chi connectivity index (χ2v) is 6.24. The summed E-state index contributed by atoms with van der Waals surface area (Å²) in [5, 5.41) is 0. The maximum atomic E-state index is 12.0. The molecule has 0 unspecified atom stereocenters. The maximum Gasteiger partial charge on any atom is 0.297 e. The van der Waals surface area contributed by atoms with Gasteiger partial charge in [-0.2, -0.15) is 8.42 Å². The lowest BCUT2D eigenvalue weighted by Crippen LogP contribution is -2.13. The molecule has 3 nitrogen and oxygen atoms in total. The van der Waals surface area contributed by atoms with E-state index in [0.717, 1.165) is 18.4 Å². The summed E-state index contributed by atoms with van der Waals surface area (Å²) in [5.74, 6) is 0.411. The maximum absolute atomic E-state index is 12.0. The zero-order valence-electron chi connectivity index (χ0n) is 10.1. The molecule has 2 rings (SSSR count). The lowest BCUT2D eigenvalue weighted by atomic mass is 10.1. The Morgan fingerprint density at radius 2 is 1.88 bits per heavy atom. The highest BCUT2D eigenvalue weighted by atomic mass is 32.2. The molecule has 1 fully saturated rings. The van der Waals surface area contributed by atoms with Crippen molar-refractivity contribution >= 4 is 10.1 Å². The standard InChI is InChI=1S/C13H18O3S/c1-11-6-2-5-9-13(11)17(14,15)16-10-12-7-3-4-8-12/h2,5-6,9,12H,3-4,7-8,10H2,1H3. The lowest BCUT2D eigenvalue weighted by molar-refractivity contribution is 0.257. The molecule has 4 heteroatoms. The van der Waals surface area contributed by atoms with Gasteiger partial charge in [0.15, 0.2) is 0 Å². The van der Waals surface area contributed by atoms with Crippen molar-refractivity contribution in [2.45, 2.75) is 37.5 Å². The van der Waals surface area contributed by atoms with Crippen molar-refractivity contribution in [2.24, 2.45) is 5.92 Å². The summed E-state index contributed by atoms with van der Waals surface area (Å²) in [6, 6.07) is 6.93. The normalized spacial score (nSPS) is 17.5. The van der Waals surface area contributed by atoms with E-state index in [9.17, 15) is 8.42 Å². The Kier molecular flexibility index (Phi) is 3.84. The number of aryl methyl sites for hydroxylation is 1. The Labute approximate surface area is 103 Å². The summed E-state index contributed by atoms with van der Waals surface area (Å²) in [7, 11) is -3.58. The van der Waals surface area contributed by atoms with Crippen LogP contribution < -0.4 is 0 Å². The van der Waals surface area contributed by atoms with Crippen molar-refractivity contribution in [3.05, 3.63) is 29.8 Å². The fourth-order valence-corrected chi connectivity index (χ4v) is 3.47. The second kappa shape index (κ2) is 5.19. The zero-order valence-corrected chi connectivity index (χ0v) is 10.9. The van der Waals surface area contributed by atoms with Crippen LogP contribution in [0.5, 0.6) is 0 Å². The third-order valence-corrected chi connectivity index (χ3v) is 4.74. The smallest absolute Gasteiger partial charge is 0.266 e. The van der Waals surface area contributed by atoms with E-state index in [2.05, 4.69) is 0 Å². The molecular weight excluding hydrogens is 236 g/mol. The van der Waals surface area contributed by atoms with Gasteiger partial charge in [0.2, 0.25) is 0 Å². The second-order valence-electron chi connectivity index (χ2n) is 4.65. The fraction of sp³-hybridized carbons (Fsp3) is 0.538. The molecule has 0 aliphatic heterocycles. The van der Waals surface area contributed by atoms with Crippen LogP contribution >= 0.6 is 0 Å². The van der Waals surface area contributed by atoms with Crippen LogP contribution in [0.25, 0.3) is 0 Å². The Bertz CT molecular complexity index is 473. The number of benzene rings is 1. The number of hydrogen-bond donors (Lipinski definition) is 0. The Morgan fingerprint density at radius 3 is 2.53 bits per heavy atom. The molecule has 1 aliphatic carbocycles. The molecule has 0 amide bonds. The van der Waals surface area contributed by atoms with E-state index < -0.39 is 10.1 Å². The third kappa shape index (κ3) is 3.07. The van der Waals surface area contributed by atoms with Crippen molar-refractivity contribution in [2.75, 3.05) is 6.61 Å². The first kappa shape index (κ1) is 12.6. The Balaban J connectivity index is 2.06. The van der Waals surface area contributed by atoms with E-state index >= 15 is 0 Å². The molecule has 1 aliphatic rings. The molecule has 0 atom stereocenters. The zero-order chi connectivity index (χ0) is 12.3.